The molecule has 0 aliphatic carbocycles. The van der Waals surface area contributed by atoms with Crippen LogP contribution in [0.5, 0.6) is 0 Å². The maximum Gasteiger partial charge on any atom is 0.253 e. The van der Waals surface area contributed by atoms with Gasteiger partial charge in [0.05, 0.1) is 17.0 Å². The Labute approximate surface area is 186 Å². The number of benzene rings is 1. The van der Waals surface area contributed by atoms with Crippen molar-refractivity contribution >= 4 is 29.3 Å². The summed E-state index contributed by atoms with van der Waals surface area (Å²) in [5.74, 6) is 6.59. The summed E-state index contributed by atoms with van der Waals surface area (Å²) < 4.78 is 0. The third-order valence-corrected chi connectivity index (χ3v) is 4.91. The first-order valence-electron chi connectivity index (χ1n) is 9.80. The second kappa shape index (κ2) is 9.45. The molecule has 0 saturated heterocycles. The Morgan fingerprint density at radius 2 is 1.84 bits per heavy atom. The van der Waals surface area contributed by atoms with E-state index in [9.17, 15) is 4.79 Å². The van der Waals surface area contributed by atoms with Crippen molar-refractivity contribution in [1.82, 2.24) is 19.9 Å². The van der Waals surface area contributed by atoms with Crippen LogP contribution in [0.25, 0.3) is 11.3 Å². The third-order valence-electron chi connectivity index (χ3n) is 4.69. The summed E-state index contributed by atoms with van der Waals surface area (Å²) >= 11 is 6.35. The van der Waals surface area contributed by atoms with E-state index in [1.807, 2.05) is 13.8 Å². The molecule has 2 aromatic heterocycles. The molecule has 8 heteroatoms. The average molecular weight is 435 g/mol. The van der Waals surface area contributed by atoms with E-state index in [1.165, 1.54) is 0 Å². The predicted molar refractivity (Wildman–Crippen MR) is 124 cm³/mol. The summed E-state index contributed by atoms with van der Waals surface area (Å²) in [5.41, 5.74) is 15.1. The van der Waals surface area contributed by atoms with Crippen molar-refractivity contribution in [3.05, 3.63) is 63.9 Å². The third kappa shape index (κ3) is 5.11. The van der Waals surface area contributed by atoms with Crippen molar-refractivity contribution < 1.29 is 4.79 Å². The second-order valence-corrected chi connectivity index (χ2v) is 7.26. The zero-order valence-corrected chi connectivity index (χ0v) is 18.4. The molecule has 2 heterocycles. The fraction of sp³-hybridized carbons (Fsp3) is 0.217. The number of aryl methyl sites for hydroxylation is 1. The van der Waals surface area contributed by atoms with Gasteiger partial charge in [-0.15, -0.1) is 0 Å². The minimum atomic E-state index is -0.104. The van der Waals surface area contributed by atoms with Crippen molar-refractivity contribution in [2.24, 2.45) is 0 Å². The molecule has 0 spiro atoms. The smallest absolute Gasteiger partial charge is 0.253 e. The van der Waals surface area contributed by atoms with E-state index in [-0.39, 0.29) is 11.9 Å². The number of aromatic nitrogens is 3. The molecule has 3 aromatic rings. The molecule has 31 heavy (non-hydrogen) atoms. The summed E-state index contributed by atoms with van der Waals surface area (Å²) in [6.07, 6.45) is 1.59. The molecular weight excluding hydrogens is 412 g/mol. The van der Waals surface area contributed by atoms with E-state index >= 15 is 0 Å². The van der Waals surface area contributed by atoms with Gasteiger partial charge in [0.1, 0.15) is 5.82 Å². The molecule has 7 nitrogen and oxygen atoms in total. The van der Waals surface area contributed by atoms with Crippen molar-refractivity contribution in [3.8, 4) is 23.1 Å². The van der Waals surface area contributed by atoms with Gasteiger partial charge in [0.15, 0.2) is 0 Å². The Kier molecular flexibility index (Phi) is 6.73. The minimum Gasteiger partial charge on any atom is -0.384 e. The SMILES string of the molecule is CCN(CC)C(=O)c1cc(Cl)cc(-c2nc(N)nc(C)c2C#Cc2ccc(N)nc2)c1. The van der Waals surface area contributed by atoms with Crippen LogP contribution in [0.15, 0.2) is 36.5 Å². The van der Waals surface area contributed by atoms with E-state index in [4.69, 9.17) is 23.1 Å². The molecule has 0 aliphatic heterocycles. The number of nitrogens with two attached hydrogens (primary N) is 2. The predicted octanol–water partition coefficient (Wildman–Crippen LogP) is 3.55. The van der Waals surface area contributed by atoms with E-state index in [0.29, 0.717) is 57.6 Å². The quantitative estimate of drug-likeness (QED) is 0.607. The standard InChI is InChI=1S/C23H23ClN6O/c1-4-30(5-2)22(31)17-10-16(11-18(24)12-17)21-19(14(3)28-23(26)29-21)8-6-15-7-9-20(25)27-13-15/h7,9-13H,4-5H2,1-3H3,(H2,25,27)(H2,26,28,29). The Morgan fingerprint density at radius 3 is 2.48 bits per heavy atom. The van der Waals surface area contributed by atoms with E-state index in [0.717, 1.165) is 0 Å². The Bertz CT molecular complexity index is 1180. The van der Waals surface area contributed by atoms with E-state index < -0.39 is 0 Å². The monoisotopic (exact) mass is 434 g/mol. The lowest BCUT2D eigenvalue weighted by atomic mass is 10.0. The fourth-order valence-electron chi connectivity index (χ4n) is 3.11. The van der Waals surface area contributed by atoms with Gasteiger partial charge in [-0.1, -0.05) is 23.4 Å². The fourth-order valence-corrected chi connectivity index (χ4v) is 3.35. The zero-order chi connectivity index (χ0) is 22.5. The summed E-state index contributed by atoms with van der Waals surface area (Å²) in [5, 5.41) is 0.421. The van der Waals surface area contributed by atoms with Gasteiger partial charge in [-0.25, -0.2) is 15.0 Å². The van der Waals surface area contributed by atoms with Crippen LogP contribution in [-0.2, 0) is 0 Å². The topological polar surface area (TPSA) is 111 Å². The van der Waals surface area contributed by atoms with Crippen LogP contribution in [0, 0.1) is 18.8 Å². The zero-order valence-electron chi connectivity index (χ0n) is 17.6. The number of halogens is 1. The normalized spacial score (nSPS) is 10.3. The first-order chi connectivity index (χ1) is 14.8. The number of hydrogen-bond acceptors (Lipinski definition) is 6. The van der Waals surface area contributed by atoms with Crippen molar-refractivity contribution in [1.29, 1.82) is 0 Å². The number of pyridine rings is 1. The Morgan fingerprint density at radius 1 is 1.10 bits per heavy atom. The molecule has 0 bridgehead atoms. The highest BCUT2D eigenvalue weighted by Crippen LogP contribution is 2.28. The summed E-state index contributed by atoms with van der Waals surface area (Å²) in [7, 11) is 0. The van der Waals surface area contributed by atoms with Crippen molar-refractivity contribution in [2.45, 2.75) is 20.8 Å². The van der Waals surface area contributed by atoms with Crippen molar-refractivity contribution in [3.63, 3.8) is 0 Å². The molecule has 3 rings (SSSR count). The Hall–Kier alpha value is -3.63. The molecule has 1 aromatic carbocycles. The van der Waals surface area contributed by atoms with Crippen molar-refractivity contribution in [2.75, 3.05) is 24.6 Å². The molecule has 158 valence electrons. The van der Waals surface area contributed by atoms with Crippen LogP contribution < -0.4 is 11.5 Å². The largest absolute Gasteiger partial charge is 0.384 e. The molecule has 1 amide bonds. The summed E-state index contributed by atoms with van der Waals surface area (Å²) in [4.78, 5) is 27.3. The minimum absolute atomic E-state index is 0.104. The van der Waals surface area contributed by atoms with E-state index in [2.05, 4.69) is 26.8 Å². The summed E-state index contributed by atoms with van der Waals surface area (Å²) in [6.45, 7) is 6.87. The molecule has 4 N–H and O–H groups in total. The molecular formula is C23H23ClN6O. The maximum absolute atomic E-state index is 12.9. The highest BCUT2D eigenvalue weighted by atomic mass is 35.5. The van der Waals surface area contributed by atoms with Gasteiger partial charge in [0.2, 0.25) is 5.95 Å². The van der Waals surface area contributed by atoms with Crippen LogP contribution in [0.1, 0.15) is 41.0 Å². The van der Waals surface area contributed by atoms with Crippen LogP contribution >= 0.6 is 11.6 Å². The lowest BCUT2D eigenvalue weighted by Crippen LogP contribution is -2.30. The Balaban J connectivity index is 2.13. The van der Waals surface area contributed by atoms with Gasteiger partial charge < -0.3 is 16.4 Å². The second-order valence-electron chi connectivity index (χ2n) is 6.82. The van der Waals surface area contributed by atoms with Gasteiger partial charge >= 0.3 is 0 Å². The molecule has 0 atom stereocenters. The van der Waals surface area contributed by atoms with Gasteiger partial charge in [-0.3, -0.25) is 4.79 Å². The molecule has 0 radical (unpaired) electrons. The van der Waals surface area contributed by atoms with Gasteiger partial charge in [-0.2, -0.15) is 0 Å². The summed E-state index contributed by atoms with van der Waals surface area (Å²) in [6, 6.07) is 8.60. The van der Waals surface area contributed by atoms with Gasteiger partial charge in [0.25, 0.3) is 5.91 Å². The number of carbonyl (C=O) groups is 1. The molecule has 0 unspecified atom stereocenters. The molecule has 0 aliphatic rings. The highest BCUT2D eigenvalue weighted by Gasteiger charge is 2.17. The maximum atomic E-state index is 12.9. The van der Waals surface area contributed by atoms with Gasteiger partial charge in [0, 0.05) is 41.0 Å². The average Bonchev–Trinajstić information content (AvgIpc) is 2.74. The highest BCUT2D eigenvalue weighted by molar-refractivity contribution is 6.31. The lowest BCUT2D eigenvalue weighted by molar-refractivity contribution is 0.0773. The van der Waals surface area contributed by atoms with Crippen LogP contribution in [-0.4, -0.2) is 38.8 Å². The first-order valence-corrected chi connectivity index (χ1v) is 10.2. The number of rotatable bonds is 4. The lowest BCUT2D eigenvalue weighted by Gasteiger charge is -2.19. The first kappa shape index (κ1) is 22.1. The van der Waals surface area contributed by atoms with Crippen LogP contribution in [0.2, 0.25) is 5.02 Å². The van der Waals surface area contributed by atoms with Gasteiger partial charge in [-0.05, 0) is 51.1 Å². The number of hydrogen-bond donors (Lipinski definition) is 2. The number of carbonyl (C=O) groups excluding carboxylic acids is 1. The molecule has 0 saturated carbocycles. The van der Waals surface area contributed by atoms with E-state index in [1.54, 1.807) is 48.4 Å². The number of anilines is 2. The van der Waals surface area contributed by atoms with Crippen LogP contribution in [0.4, 0.5) is 11.8 Å². The number of amides is 1. The molecule has 0 fully saturated rings. The van der Waals surface area contributed by atoms with Crippen LogP contribution in [0.3, 0.4) is 0 Å². The number of nitrogens with zero attached hydrogens (tertiary/aromatic N) is 4. The number of nitrogen functional groups attached to an aromatic ring is 2.